The lowest BCUT2D eigenvalue weighted by Gasteiger charge is -2.26. The SMILES string of the molecule is CN(C)CCC(NCCO)N(C)C. The van der Waals surface area contributed by atoms with Crippen LogP contribution in [-0.4, -0.2) is 69.0 Å². The van der Waals surface area contributed by atoms with Crippen molar-refractivity contribution in [1.82, 2.24) is 15.1 Å². The van der Waals surface area contributed by atoms with Crippen LogP contribution in [0.25, 0.3) is 0 Å². The lowest BCUT2D eigenvalue weighted by Crippen LogP contribution is -2.44. The molecule has 2 N–H and O–H groups in total. The van der Waals surface area contributed by atoms with Gasteiger partial charge in [0.05, 0.1) is 12.8 Å². The van der Waals surface area contributed by atoms with E-state index in [0.29, 0.717) is 12.7 Å². The minimum Gasteiger partial charge on any atom is -0.395 e. The third kappa shape index (κ3) is 6.95. The molecule has 80 valence electrons. The number of nitrogens with zero attached hydrogens (tertiary/aromatic N) is 2. The van der Waals surface area contributed by atoms with Gasteiger partial charge in [-0.1, -0.05) is 0 Å². The molecule has 0 amide bonds. The smallest absolute Gasteiger partial charge is 0.0605 e. The van der Waals surface area contributed by atoms with E-state index < -0.39 is 0 Å². The van der Waals surface area contributed by atoms with E-state index in [1.54, 1.807) is 0 Å². The predicted octanol–water partition coefficient (Wildman–Crippen LogP) is -0.592. The Morgan fingerprint density at radius 1 is 1.23 bits per heavy atom. The van der Waals surface area contributed by atoms with Crippen molar-refractivity contribution in [3.05, 3.63) is 0 Å². The molecule has 0 heterocycles. The molecule has 0 bridgehead atoms. The molecule has 4 heteroatoms. The highest BCUT2D eigenvalue weighted by Gasteiger charge is 2.09. The van der Waals surface area contributed by atoms with Gasteiger partial charge in [0, 0.05) is 13.1 Å². The number of aliphatic hydroxyl groups excluding tert-OH is 1. The Morgan fingerprint density at radius 3 is 2.23 bits per heavy atom. The average Bonchev–Trinajstić information content (AvgIpc) is 2.03. The van der Waals surface area contributed by atoms with Gasteiger partial charge in [-0.05, 0) is 34.6 Å². The molecule has 0 rings (SSSR count). The van der Waals surface area contributed by atoms with Gasteiger partial charge >= 0.3 is 0 Å². The van der Waals surface area contributed by atoms with Crippen LogP contribution in [-0.2, 0) is 0 Å². The molecule has 0 aliphatic heterocycles. The van der Waals surface area contributed by atoms with Crippen LogP contribution in [0, 0.1) is 0 Å². The van der Waals surface area contributed by atoms with Gasteiger partial charge in [-0.3, -0.25) is 10.2 Å². The van der Waals surface area contributed by atoms with Gasteiger partial charge in [-0.25, -0.2) is 0 Å². The first-order chi connectivity index (χ1) is 6.07. The number of rotatable bonds is 7. The fourth-order valence-corrected chi connectivity index (χ4v) is 1.15. The van der Waals surface area contributed by atoms with Crippen molar-refractivity contribution in [3.8, 4) is 0 Å². The topological polar surface area (TPSA) is 38.7 Å². The van der Waals surface area contributed by atoms with Crippen LogP contribution >= 0.6 is 0 Å². The molecule has 1 unspecified atom stereocenters. The Balaban J connectivity index is 3.67. The van der Waals surface area contributed by atoms with E-state index in [9.17, 15) is 0 Å². The number of hydrogen-bond acceptors (Lipinski definition) is 4. The lowest BCUT2D eigenvalue weighted by molar-refractivity contribution is 0.195. The van der Waals surface area contributed by atoms with Gasteiger partial charge < -0.3 is 10.0 Å². The van der Waals surface area contributed by atoms with Crippen molar-refractivity contribution in [1.29, 1.82) is 0 Å². The van der Waals surface area contributed by atoms with Gasteiger partial charge in [0.25, 0.3) is 0 Å². The van der Waals surface area contributed by atoms with Crippen LogP contribution < -0.4 is 5.32 Å². The first-order valence-electron chi connectivity index (χ1n) is 4.73. The normalized spacial score (nSPS) is 14.1. The van der Waals surface area contributed by atoms with Crippen molar-refractivity contribution < 1.29 is 5.11 Å². The molecular weight excluding hydrogens is 166 g/mol. The van der Waals surface area contributed by atoms with Crippen molar-refractivity contribution in [3.63, 3.8) is 0 Å². The van der Waals surface area contributed by atoms with Crippen molar-refractivity contribution in [2.45, 2.75) is 12.6 Å². The van der Waals surface area contributed by atoms with Crippen LogP contribution in [0.3, 0.4) is 0 Å². The zero-order valence-corrected chi connectivity index (χ0v) is 9.25. The number of hydrogen-bond donors (Lipinski definition) is 2. The largest absolute Gasteiger partial charge is 0.395 e. The van der Waals surface area contributed by atoms with Crippen LogP contribution in [0.15, 0.2) is 0 Å². The summed E-state index contributed by atoms with van der Waals surface area (Å²) in [7, 11) is 8.23. The molecule has 0 saturated carbocycles. The van der Waals surface area contributed by atoms with Gasteiger partial charge in [-0.15, -0.1) is 0 Å². The molecule has 1 atom stereocenters. The summed E-state index contributed by atoms with van der Waals surface area (Å²) in [6, 6.07) is 0. The maximum Gasteiger partial charge on any atom is 0.0605 e. The molecule has 0 aromatic heterocycles. The van der Waals surface area contributed by atoms with Crippen molar-refractivity contribution in [2.75, 3.05) is 47.9 Å². The minimum absolute atomic E-state index is 0.201. The van der Waals surface area contributed by atoms with Gasteiger partial charge in [0.2, 0.25) is 0 Å². The van der Waals surface area contributed by atoms with Crippen molar-refractivity contribution >= 4 is 0 Å². The molecule has 0 aliphatic rings. The Hall–Kier alpha value is -0.160. The van der Waals surface area contributed by atoms with Crippen molar-refractivity contribution in [2.24, 2.45) is 0 Å². The first kappa shape index (κ1) is 12.8. The summed E-state index contributed by atoms with van der Waals surface area (Å²) in [6.45, 7) is 1.92. The summed E-state index contributed by atoms with van der Waals surface area (Å²) < 4.78 is 0. The molecule has 0 fully saturated rings. The monoisotopic (exact) mass is 189 g/mol. The zero-order valence-electron chi connectivity index (χ0n) is 9.25. The van der Waals surface area contributed by atoms with E-state index in [2.05, 4.69) is 29.2 Å². The third-order valence-corrected chi connectivity index (χ3v) is 1.96. The molecular formula is C9H23N3O. The second kappa shape index (κ2) is 7.26. The van der Waals surface area contributed by atoms with Crippen LogP contribution in [0.5, 0.6) is 0 Å². The molecule has 0 aliphatic carbocycles. The maximum absolute atomic E-state index is 8.68. The predicted molar refractivity (Wildman–Crippen MR) is 55.7 cm³/mol. The van der Waals surface area contributed by atoms with E-state index in [4.69, 9.17) is 5.11 Å². The van der Waals surface area contributed by atoms with Gasteiger partial charge in [-0.2, -0.15) is 0 Å². The van der Waals surface area contributed by atoms with E-state index in [0.717, 1.165) is 13.0 Å². The third-order valence-electron chi connectivity index (χ3n) is 1.96. The van der Waals surface area contributed by atoms with E-state index in [-0.39, 0.29) is 6.61 Å². The standard InChI is InChI=1S/C9H23N3O/c1-11(2)7-5-9(12(3)4)10-6-8-13/h9-10,13H,5-8H2,1-4H3. The Morgan fingerprint density at radius 2 is 1.85 bits per heavy atom. The minimum atomic E-state index is 0.201. The Kier molecular flexibility index (Phi) is 7.17. The average molecular weight is 189 g/mol. The summed E-state index contributed by atoms with van der Waals surface area (Å²) >= 11 is 0. The fourth-order valence-electron chi connectivity index (χ4n) is 1.15. The number of nitrogens with one attached hydrogen (secondary N) is 1. The molecule has 0 aromatic rings. The number of aliphatic hydroxyl groups is 1. The van der Waals surface area contributed by atoms with Gasteiger partial charge in [0.1, 0.15) is 0 Å². The maximum atomic E-state index is 8.68. The second-order valence-corrected chi connectivity index (χ2v) is 3.75. The van der Waals surface area contributed by atoms with Crippen LogP contribution in [0.4, 0.5) is 0 Å². The zero-order chi connectivity index (χ0) is 10.3. The van der Waals surface area contributed by atoms with Gasteiger partial charge in [0.15, 0.2) is 0 Å². The molecule has 0 saturated heterocycles. The summed E-state index contributed by atoms with van der Waals surface area (Å²) in [5, 5.41) is 12.0. The Bertz CT molecular complexity index is 117. The summed E-state index contributed by atoms with van der Waals surface area (Å²) in [5.41, 5.74) is 0. The highest BCUT2D eigenvalue weighted by atomic mass is 16.3. The van der Waals surface area contributed by atoms with E-state index >= 15 is 0 Å². The van der Waals surface area contributed by atoms with Crippen LogP contribution in [0.2, 0.25) is 0 Å². The summed E-state index contributed by atoms with van der Waals surface area (Å²) in [6.07, 6.45) is 1.43. The van der Waals surface area contributed by atoms with E-state index in [1.807, 2.05) is 14.1 Å². The molecule has 0 radical (unpaired) electrons. The van der Waals surface area contributed by atoms with E-state index in [1.165, 1.54) is 0 Å². The first-order valence-corrected chi connectivity index (χ1v) is 4.73. The molecule has 13 heavy (non-hydrogen) atoms. The Labute approximate surface area is 81.5 Å². The summed E-state index contributed by atoms with van der Waals surface area (Å²) in [4.78, 5) is 4.30. The molecule has 4 nitrogen and oxygen atoms in total. The highest BCUT2D eigenvalue weighted by molar-refractivity contribution is 4.64. The molecule has 0 spiro atoms. The lowest BCUT2D eigenvalue weighted by atomic mass is 10.3. The highest BCUT2D eigenvalue weighted by Crippen LogP contribution is 1.96. The summed E-state index contributed by atoms with van der Waals surface area (Å²) in [5.74, 6) is 0. The molecule has 0 aromatic carbocycles. The second-order valence-electron chi connectivity index (χ2n) is 3.75. The fraction of sp³-hybridized carbons (Fsp3) is 1.00. The van der Waals surface area contributed by atoms with Crippen LogP contribution in [0.1, 0.15) is 6.42 Å². The quantitative estimate of drug-likeness (QED) is 0.525.